The number of hydrogen-bond acceptors (Lipinski definition) is 3. The maximum Gasteiger partial charge on any atom is 0.107 e. The minimum Gasteiger partial charge on any atom is -0.306 e. The Morgan fingerprint density at radius 2 is 2.00 bits per heavy atom. The molecule has 1 aliphatic carbocycles. The lowest BCUT2D eigenvalue weighted by atomic mass is 10.1. The highest BCUT2D eigenvalue weighted by molar-refractivity contribution is 7.11. The zero-order valence-electron chi connectivity index (χ0n) is 11.4. The summed E-state index contributed by atoms with van der Waals surface area (Å²) in [4.78, 5) is 5.79. The van der Waals surface area contributed by atoms with Crippen LogP contribution in [0.5, 0.6) is 0 Å². The van der Waals surface area contributed by atoms with Gasteiger partial charge in [-0.2, -0.15) is 0 Å². The minimum atomic E-state index is 0.852. The third kappa shape index (κ3) is 3.43. The van der Waals surface area contributed by atoms with Crippen LogP contribution in [-0.2, 0) is 19.5 Å². The Hall–Kier alpha value is -1.19. The lowest BCUT2D eigenvalue weighted by Crippen LogP contribution is -2.12. The number of aryl methyl sites for hydroxylation is 1. The fourth-order valence-corrected chi connectivity index (χ4v) is 3.06. The third-order valence-electron chi connectivity index (χ3n) is 3.58. The molecule has 2 nitrogen and oxygen atoms in total. The highest BCUT2D eigenvalue weighted by Gasteiger charge is 2.22. The lowest BCUT2D eigenvalue weighted by molar-refractivity contribution is 0.689. The molecular weight excluding hydrogens is 252 g/mol. The first kappa shape index (κ1) is 12.8. The van der Waals surface area contributed by atoms with Gasteiger partial charge in [0.15, 0.2) is 0 Å². The monoisotopic (exact) mass is 272 g/mol. The smallest absolute Gasteiger partial charge is 0.107 e. The van der Waals surface area contributed by atoms with Gasteiger partial charge in [0.1, 0.15) is 5.01 Å². The van der Waals surface area contributed by atoms with Crippen molar-refractivity contribution in [3.63, 3.8) is 0 Å². The molecule has 19 heavy (non-hydrogen) atoms. The van der Waals surface area contributed by atoms with E-state index in [-0.39, 0.29) is 0 Å². The van der Waals surface area contributed by atoms with E-state index in [9.17, 15) is 0 Å². The van der Waals surface area contributed by atoms with Gasteiger partial charge in [-0.1, -0.05) is 31.2 Å². The summed E-state index contributed by atoms with van der Waals surface area (Å²) in [5.74, 6) is 0.852. The van der Waals surface area contributed by atoms with E-state index in [0.717, 1.165) is 25.4 Å². The van der Waals surface area contributed by atoms with Gasteiger partial charge in [-0.3, -0.25) is 0 Å². The average Bonchev–Trinajstić information content (AvgIpc) is 3.19. The fourth-order valence-electron chi connectivity index (χ4n) is 2.23. The summed E-state index contributed by atoms with van der Waals surface area (Å²) in [5.41, 5.74) is 2.87. The van der Waals surface area contributed by atoms with E-state index in [1.54, 1.807) is 0 Å². The van der Waals surface area contributed by atoms with Crippen LogP contribution >= 0.6 is 11.3 Å². The van der Waals surface area contributed by atoms with E-state index in [0.29, 0.717) is 0 Å². The normalized spacial score (nSPS) is 14.8. The zero-order chi connectivity index (χ0) is 13.1. The predicted molar refractivity (Wildman–Crippen MR) is 80.5 cm³/mol. The molecule has 0 saturated heterocycles. The lowest BCUT2D eigenvalue weighted by Gasteiger charge is -2.04. The quantitative estimate of drug-likeness (QED) is 0.863. The molecule has 0 unspecified atom stereocenters. The molecule has 1 saturated carbocycles. The van der Waals surface area contributed by atoms with Gasteiger partial charge in [0.05, 0.1) is 0 Å². The molecule has 1 aromatic carbocycles. The van der Waals surface area contributed by atoms with Gasteiger partial charge >= 0.3 is 0 Å². The van der Waals surface area contributed by atoms with Crippen molar-refractivity contribution >= 4 is 11.3 Å². The Balaban J connectivity index is 1.48. The van der Waals surface area contributed by atoms with Crippen molar-refractivity contribution in [1.82, 2.24) is 10.3 Å². The second-order valence-electron chi connectivity index (χ2n) is 5.19. The summed E-state index contributed by atoms with van der Waals surface area (Å²) in [5, 5.41) is 4.65. The van der Waals surface area contributed by atoms with Gasteiger partial charge in [-0.25, -0.2) is 4.98 Å². The van der Waals surface area contributed by atoms with Gasteiger partial charge in [-0.05, 0) is 36.3 Å². The molecule has 0 radical (unpaired) electrons. The molecule has 0 amide bonds. The van der Waals surface area contributed by atoms with Gasteiger partial charge in [0, 0.05) is 24.2 Å². The minimum absolute atomic E-state index is 0.852. The summed E-state index contributed by atoms with van der Waals surface area (Å²) in [6, 6.07) is 9.07. The molecular formula is C16H20N2S. The summed E-state index contributed by atoms with van der Waals surface area (Å²) < 4.78 is 0. The molecule has 0 bridgehead atoms. The molecule has 1 fully saturated rings. The molecule has 1 heterocycles. The number of thiazole rings is 1. The first-order chi connectivity index (χ1) is 9.35. The Labute approximate surface area is 118 Å². The van der Waals surface area contributed by atoms with Gasteiger partial charge < -0.3 is 5.32 Å². The van der Waals surface area contributed by atoms with Gasteiger partial charge in [0.25, 0.3) is 0 Å². The molecule has 0 aliphatic heterocycles. The zero-order valence-corrected chi connectivity index (χ0v) is 12.2. The van der Waals surface area contributed by atoms with Crippen molar-refractivity contribution in [3.05, 3.63) is 51.5 Å². The first-order valence-electron chi connectivity index (χ1n) is 7.08. The van der Waals surface area contributed by atoms with Crippen LogP contribution in [0.3, 0.4) is 0 Å². The van der Waals surface area contributed by atoms with Crippen molar-refractivity contribution in [2.45, 2.75) is 45.2 Å². The fraction of sp³-hybridized carbons (Fsp3) is 0.438. The van der Waals surface area contributed by atoms with E-state index in [1.807, 2.05) is 17.5 Å². The average molecular weight is 272 g/mol. The maximum absolute atomic E-state index is 4.42. The topological polar surface area (TPSA) is 24.9 Å². The van der Waals surface area contributed by atoms with E-state index in [4.69, 9.17) is 0 Å². The Morgan fingerprint density at radius 3 is 2.63 bits per heavy atom. The third-order valence-corrected chi connectivity index (χ3v) is 4.73. The van der Waals surface area contributed by atoms with Crippen LogP contribution in [0.1, 0.15) is 46.7 Å². The van der Waals surface area contributed by atoms with Crippen LogP contribution in [0.25, 0.3) is 0 Å². The second-order valence-corrected chi connectivity index (χ2v) is 6.39. The van der Waals surface area contributed by atoms with Crippen molar-refractivity contribution in [1.29, 1.82) is 0 Å². The Morgan fingerprint density at radius 1 is 1.21 bits per heavy atom. The van der Waals surface area contributed by atoms with Crippen molar-refractivity contribution in [2.75, 3.05) is 0 Å². The SMILES string of the molecule is CCc1cnc(CNCc2ccc(C3CC3)cc2)s1. The second kappa shape index (κ2) is 5.85. The van der Waals surface area contributed by atoms with Crippen molar-refractivity contribution in [3.8, 4) is 0 Å². The van der Waals surface area contributed by atoms with Crippen LogP contribution in [-0.4, -0.2) is 4.98 Å². The number of nitrogens with zero attached hydrogens (tertiary/aromatic N) is 1. The largest absolute Gasteiger partial charge is 0.306 e. The summed E-state index contributed by atoms with van der Waals surface area (Å²) in [7, 11) is 0. The van der Waals surface area contributed by atoms with E-state index < -0.39 is 0 Å². The van der Waals surface area contributed by atoms with Crippen LogP contribution in [0, 0.1) is 0 Å². The van der Waals surface area contributed by atoms with Crippen LogP contribution in [0.4, 0.5) is 0 Å². The predicted octanol–water partition coefficient (Wildman–Crippen LogP) is 3.87. The first-order valence-corrected chi connectivity index (χ1v) is 7.90. The number of nitrogens with one attached hydrogen (secondary N) is 1. The van der Waals surface area contributed by atoms with Gasteiger partial charge in [-0.15, -0.1) is 11.3 Å². The molecule has 1 aromatic heterocycles. The van der Waals surface area contributed by atoms with Crippen LogP contribution < -0.4 is 5.32 Å². The number of aromatic nitrogens is 1. The molecule has 2 aromatic rings. The molecule has 1 N–H and O–H groups in total. The number of rotatable bonds is 6. The molecule has 3 rings (SSSR count). The van der Waals surface area contributed by atoms with E-state index >= 15 is 0 Å². The number of hydrogen-bond donors (Lipinski definition) is 1. The van der Waals surface area contributed by atoms with Crippen molar-refractivity contribution in [2.24, 2.45) is 0 Å². The van der Waals surface area contributed by atoms with Gasteiger partial charge in [0.2, 0.25) is 0 Å². The van der Waals surface area contributed by atoms with E-state index in [1.165, 1.54) is 33.9 Å². The molecule has 100 valence electrons. The standard InChI is InChI=1S/C16H20N2S/c1-2-15-10-18-16(19-15)11-17-9-12-3-5-13(6-4-12)14-7-8-14/h3-6,10,14,17H,2,7-9,11H2,1H3. The Bertz CT molecular complexity index is 526. The summed E-state index contributed by atoms with van der Waals surface area (Å²) >= 11 is 1.81. The molecule has 3 heteroatoms. The highest BCUT2D eigenvalue weighted by atomic mass is 32.1. The van der Waals surface area contributed by atoms with Crippen molar-refractivity contribution < 1.29 is 0 Å². The highest BCUT2D eigenvalue weighted by Crippen LogP contribution is 2.39. The molecule has 1 aliphatic rings. The van der Waals surface area contributed by atoms with Crippen LogP contribution in [0.2, 0.25) is 0 Å². The molecule has 0 spiro atoms. The Kier molecular flexibility index (Phi) is 3.95. The van der Waals surface area contributed by atoms with E-state index in [2.05, 4.69) is 41.5 Å². The van der Waals surface area contributed by atoms with Crippen LogP contribution in [0.15, 0.2) is 30.5 Å². The summed E-state index contributed by atoms with van der Waals surface area (Å²) in [6.45, 7) is 3.97. The summed E-state index contributed by atoms with van der Waals surface area (Å²) in [6.07, 6.45) is 5.83. The molecule has 0 atom stereocenters. The maximum atomic E-state index is 4.42. The number of benzene rings is 1.